The van der Waals surface area contributed by atoms with E-state index in [2.05, 4.69) is 13.8 Å². The van der Waals surface area contributed by atoms with E-state index in [0.717, 1.165) is 38.5 Å². The van der Waals surface area contributed by atoms with E-state index in [-0.39, 0.29) is 36.2 Å². The maximum Gasteiger partial charge on any atom is 0.362 e. The molecule has 2 atom stereocenters. The molecule has 0 radical (unpaired) electrons. The number of esters is 2. The Morgan fingerprint density at radius 3 is 1.38 bits per heavy atom. The van der Waals surface area contributed by atoms with Crippen molar-refractivity contribution < 1.29 is 38.2 Å². The molecule has 0 saturated heterocycles. The standard InChI is InChI=1S/C37H71NO7/c1-6-8-10-12-14-15-16-17-18-19-20-22-23-25-27-35(39)44-32-33(31-43-30-29-34(37(41)42)38(3,4)5)45-36(40)28-26-24-21-13-11-9-7-2/h33-34H,6-32H2,1-5H3/p+1. The molecule has 0 spiro atoms. The smallest absolute Gasteiger partial charge is 0.362 e. The van der Waals surface area contributed by atoms with Gasteiger partial charge in [0.2, 0.25) is 0 Å². The van der Waals surface area contributed by atoms with Gasteiger partial charge >= 0.3 is 17.9 Å². The van der Waals surface area contributed by atoms with Gasteiger partial charge in [-0.2, -0.15) is 0 Å². The Kier molecular flexibility index (Phi) is 28.6. The summed E-state index contributed by atoms with van der Waals surface area (Å²) in [5.74, 6) is -1.46. The van der Waals surface area contributed by atoms with E-state index in [1.807, 2.05) is 21.1 Å². The zero-order valence-corrected chi connectivity index (χ0v) is 30.1. The zero-order chi connectivity index (χ0) is 33.6. The number of nitrogens with zero attached hydrogens (tertiary/aromatic N) is 1. The molecule has 0 heterocycles. The minimum absolute atomic E-state index is 0.0438. The van der Waals surface area contributed by atoms with Gasteiger partial charge in [0.1, 0.15) is 6.61 Å². The molecule has 0 rings (SSSR count). The Balaban J connectivity index is 4.32. The summed E-state index contributed by atoms with van der Waals surface area (Å²) in [4.78, 5) is 36.6. The summed E-state index contributed by atoms with van der Waals surface area (Å²) >= 11 is 0. The van der Waals surface area contributed by atoms with Gasteiger partial charge in [0, 0.05) is 19.3 Å². The highest BCUT2D eigenvalue weighted by Crippen LogP contribution is 2.14. The fourth-order valence-corrected chi connectivity index (χ4v) is 5.56. The highest BCUT2D eigenvalue weighted by Gasteiger charge is 2.31. The van der Waals surface area contributed by atoms with Gasteiger partial charge in [0.25, 0.3) is 0 Å². The van der Waals surface area contributed by atoms with Crippen LogP contribution in [0.15, 0.2) is 0 Å². The topological polar surface area (TPSA) is 99.1 Å². The summed E-state index contributed by atoms with van der Waals surface area (Å²) in [5.41, 5.74) is 0. The fraction of sp³-hybridized carbons (Fsp3) is 0.919. The van der Waals surface area contributed by atoms with Crippen molar-refractivity contribution in [3.05, 3.63) is 0 Å². The number of aliphatic carboxylic acids is 1. The summed E-state index contributed by atoms with van der Waals surface area (Å²) in [6.07, 6.45) is 25.8. The van der Waals surface area contributed by atoms with Gasteiger partial charge in [-0.05, 0) is 12.8 Å². The number of unbranched alkanes of at least 4 members (excludes halogenated alkanes) is 19. The Labute approximate surface area is 276 Å². The molecule has 0 aromatic rings. The number of hydrogen-bond acceptors (Lipinski definition) is 6. The van der Waals surface area contributed by atoms with Crippen molar-refractivity contribution in [2.75, 3.05) is 41.0 Å². The predicted octanol–water partition coefficient (Wildman–Crippen LogP) is 9.02. The van der Waals surface area contributed by atoms with Crippen LogP contribution in [0.2, 0.25) is 0 Å². The van der Waals surface area contributed by atoms with E-state index in [1.54, 1.807) is 0 Å². The van der Waals surface area contributed by atoms with Crippen molar-refractivity contribution in [1.82, 2.24) is 0 Å². The third kappa shape index (κ3) is 28.3. The molecule has 0 aliphatic carbocycles. The van der Waals surface area contributed by atoms with Crippen molar-refractivity contribution in [2.24, 2.45) is 0 Å². The summed E-state index contributed by atoms with van der Waals surface area (Å²) < 4.78 is 17.1. The molecule has 0 amide bonds. The largest absolute Gasteiger partial charge is 0.477 e. The first-order valence-electron chi connectivity index (χ1n) is 18.6. The van der Waals surface area contributed by atoms with Gasteiger partial charge in [-0.3, -0.25) is 9.59 Å². The average molecular weight is 643 g/mol. The van der Waals surface area contributed by atoms with Crippen LogP contribution in [0.4, 0.5) is 0 Å². The quantitative estimate of drug-likeness (QED) is 0.0433. The molecule has 0 aromatic carbocycles. The molecule has 0 aliphatic heterocycles. The number of rotatable bonds is 33. The highest BCUT2D eigenvalue weighted by atomic mass is 16.6. The molecule has 0 saturated carbocycles. The SMILES string of the molecule is CCCCCCCCCCCCCCCCC(=O)OCC(COCCC(C(=O)O)[N+](C)(C)C)OC(=O)CCCCCCCCC. The maximum absolute atomic E-state index is 12.5. The second-order valence-electron chi connectivity index (χ2n) is 13.8. The van der Waals surface area contributed by atoms with Crippen LogP contribution >= 0.6 is 0 Å². The highest BCUT2D eigenvalue weighted by molar-refractivity contribution is 5.72. The number of carboxylic acid groups (broad SMARTS) is 1. The lowest BCUT2D eigenvalue weighted by molar-refractivity contribution is -0.887. The number of carboxylic acids is 1. The third-order valence-electron chi connectivity index (χ3n) is 8.51. The van der Waals surface area contributed by atoms with Gasteiger partial charge < -0.3 is 23.8 Å². The average Bonchev–Trinajstić information content (AvgIpc) is 2.98. The van der Waals surface area contributed by atoms with E-state index in [0.29, 0.717) is 19.3 Å². The van der Waals surface area contributed by atoms with Gasteiger partial charge in [-0.15, -0.1) is 0 Å². The van der Waals surface area contributed by atoms with Gasteiger partial charge in [0.15, 0.2) is 12.1 Å². The number of quaternary nitrogens is 1. The van der Waals surface area contributed by atoms with Gasteiger partial charge in [-0.25, -0.2) is 4.79 Å². The maximum atomic E-state index is 12.5. The Bertz CT molecular complexity index is 722. The molecule has 2 unspecified atom stereocenters. The lowest BCUT2D eigenvalue weighted by Crippen LogP contribution is -2.50. The van der Waals surface area contributed by atoms with Crippen LogP contribution in [0.5, 0.6) is 0 Å². The summed E-state index contributed by atoms with van der Waals surface area (Å²) in [6, 6.07) is -0.605. The number of ether oxygens (including phenoxy) is 3. The van der Waals surface area contributed by atoms with Crippen molar-refractivity contribution in [3.63, 3.8) is 0 Å². The molecular formula is C37H72NO7+. The molecular weight excluding hydrogens is 570 g/mol. The molecule has 0 bridgehead atoms. The predicted molar refractivity (Wildman–Crippen MR) is 183 cm³/mol. The van der Waals surface area contributed by atoms with Crippen molar-refractivity contribution in [3.8, 4) is 0 Å². The van der Waals surface area contributed by atoms with Crippen LogP contribution in [0, 0.1) is 0 Å². The van der Waals surface area contributed by atoms with Crippen LogP contribution < -0.4 is 0 Å². The lowest BCUT2D eigenvalue weighted by atomic mass is 10.0. The Hall–Kier alpha value is -1.67. The van der Waals surface area contributed by atoms with E-state index < -0.39 is 18.1 Å². The minimum atomic E-state index is -0.874. The molecule has 266 valence electrons. The van der Waals surface area contributed by atoms with Crippen molar-refractivity contribution in [2.45, 2.75) is 180 Å². The molecule has 1 N–H and O–H groups in total. The van der Waals surface area contributed by atoms with Crippen molar-refractivity contribution in [1.29, 1.82) is 0 Å². The van der Waals surface area contributed by atoms with Crippen molar-refractivity contribution >= 4 is 17.9 Å². The van der Waals surface area contributed by atoms with Gasteiger partial charge in [-0.1, -0.05) is 136 Å². The summed E-state index contributed by atoms with van der Waals surface area (Å²) in [5, 5.41) is 9.55. The minimum Gasteiger partial charge on any atom is -0.477 e. The zero-order valence-electron chi connectivity index (χ0n) is 30.1. The summed E-state index contributed by atoms with van der Waals surface area (Å²) in [6.45, 7) is 4.69. The third-order valence-corrected chi connectivity index (χ3v) is 8.51. The number of likely N-dealkylation sites (N-methyl/N-ethyl adjacent to an activating group) is 1. The van der Waals surface area contributed by atoms with Crippen LogP contribution in [0.1, 0.15) is 168 Å². The Morgan fingerprint density at radius 1 is 0.578 bits per heavy atom. The fourth-order valence-electron chi connectivity index (χ4n) is 5.56. The molecule has 0 fully saturated rings. The van der Waals surface area contributed by atoms with Crippen LogP contribution in [-0.2, 0) is 28.6 Å². The van der Waals surface area contributed by atoms with Gasteiger partial charge in [0.05, 0.1) is 34.4 Å². The van der Waals surface area contributed by atoms with E-state index >= 15 is 0 Å². The normalized spacial score (nSPS) is 13.0. The van der Waals surface area contributed by atoms with Crippen LogP contribution in [0.25, 0.3) is 0 Å². The number of carbonyl (C=O) groups excluding carboxylic acids is 2. The lowest BCUT2D eigenvalue weighted by Gasteiger charge is -2.31. The molecule has 0 aromatic heterocycles. The first kappa shape index (κ1) is 43.3. The molecule has 45 heavy (non-hydrogen) atoms. The van der Waals surface area contributed by atoms with E-state index in [1.165, 1.54) is 96.3 Å². The van der Waals surface area contributed by atoms with E-state index in [4.69, 9.17) is 14.2 Å². The van der Waals surface area contributed by atoms with Crippen LogP contribution in [-0.4, -0.2) is 80.6 Å². The van der Waals surface area contributed by atoms with E-state index in [9.17, 15) is 19.5 Å². The second-order valence-corrected chi connectivity index (χ2v) is 13.8. The molecule has 8 heteroatoms. The second kappa shape index (κ2) is 29.7. The Morgan fingerprint density at radius 2 is 0.978 bits per heavy atom. The summed E-state index contributed by atoms with van der Waals surface area (Å²) in [7, 11) is 5.51. The molecule has 8 nitrogen and oxygen atoms in total. The first-order valence-corrected chi connectivity index (χ1v) is 18.6. The molecule has 0 aliphatic rings. The first-order chi connectivity index (χ1) is 21.6. The number of carbonyl (C=O) groups is 3. The number of hydrogen-bond donors (Lipinski definition) is 1. The monoisotopic (exact) mass is 643 g/mol. The van der Waals surface area contributed by atoms with Crippen LogP contribution in [0.3, 0.4) is 0 Å².